The van der Waals surface area contributed by atoms with Crippen LogP contribution in [0.3, 0.4) is 0 Å². The molecule has 0 saturated carbocycles. The van der Waals surface area contributed by atoms with Crippen LogP contribution in [0, 0.1) is 0 Å². The molecule has 11 heteroatoms. The first-order valence-electron chi connectivity index (χ1n) is 6.01. The predicted octanol–water partition coefficient (Wildman–Crippen LogP) is -3.14. The topological polar surface area (TPSA) is 167 Å². The SMILES string of the molecule is O=P([O-])([O-])[O-].c1cnc[nH+]c1.c1cnc[nH+]c1.c1cnc[nH+]c1. The first-order valence-corrected chi connectivity index (χ1v) is 7.47. The summed E-state index contributed by atoms with van der Waals surface area (Å²) in [7, 11) is -5.39. The monoisotopic (exact) mass is 338 g/mol. The van der Waals surface area contributed by atoms with Gasteiger partial charge in [0.05, 0.1) is 18.6 Å². The molecule has 0 aliphatic carbocycles. The highest BCUT2D eigenvalue weighted by atomic mass is 31.2. The number of hydrogen-bond donors (Lipinski definition) is 0. The molecule has 122 valence electrons. The van der Waals surface area contributed by atoms with Crippen LogP contribution in [-0.4, -0.2) is 15.0 Å². The number of phosphoric acid groups is 1. The molecule has 3 rings (SSSR count). The highest BCUT2D eigenvalue weighted by Crippen LogP contribution is 2.03. The standard InChI is InChI=1S/3C4H4N2.H3O4P/c3*1-2-5-4-6-3-1;1-5(2,3)4/h3*1-4H;(H3,1,2,3,4). The van der Waals surface area contributed by atoms with E-state index in [2.05, 4.69) is 29.9 Å². The highest BCUT2D eigenvalue weighted by molar-refractivity contribution is 7.40. The summed E-state index contributed by atoms with van der Waals surface area (Å²) in [5.41, 5.74) is 0. The fraction of sp³-hybridized carbons (Fsp3) is 0. The number of nitrogens with zero attached hydrogens (tertiary/aromatic N) is 3. The Morgan fingerprint density at radius 1 is 0.652 bits per heavy atom. The van der Waals surface area contributed by atoms with E-state index in [1.54, 1.807) is 37.6 Å². The van der Waals surface area contributed by atoms with E-state index in [9.17, 15) is 0 Å². The van der Waals surface area contributed by atoms with Crippen LogP contribution in [-0.2, 0) is 4.57 Å². The zero-order valence-corrected chi connectivity index (χ0v) is 12.7. The number of nitrogens with one attached hydrogen (secondary N) is 3. The lowest BCUT2D eigenvalue weighted by Crippen LogP contribution is -2.24. The molecule has 0 amide bonds. The van der Waals surface area contributed by atoms with Crippen LogP contribution in [0.4, 0.5) is 0 Å². The van der Waals surface area contributed by atoms with Gasteiger partial charge in [0.1, 0.15) is 18.6 Å². The zero-order valence-electron chi connectivity index (χ0n) is 11.9. The highest BCUT2D eigenvalue weighted by Gasteiger charge is 1.70. The second-order valence-electron chi connectivity index (χ2n) is 3.31. The van der Waals surface area contributed by atoms with Crippen molar-refractivity contribution in [3.8, 4) is 0 Å². The van der Waals surface area contributed by atoms with Crippen molar-refractivity contribution in [2.24, 2.45) is 0 Å². The van der Waals surface area contributed by atoms with Gasteiger partial charge < -0.3 is 19.2 Å². The summed E-state index contributed by atoms with van der Waals surface area (Å²) in [6, 6.07) is 5.50. The lowest BCUT2D eigenvalue weighted by Gasteiger charge is -2.36. The minimum Gasteiger partial charge on any atom is -0.822 e. The second-order valence-corrected chi connectivity index (χ2v) is 4.20. The van der Waals surface area contributed by atoms with Crippen LogP contribution in [0.15, 0.2) is 74.4 Å². The predicted molar refractivity (Wildman–Crippen MR) is 70.0 cm³/mol. The second kappa shape index (κ2) is 14.3. The number of aromatic amines is 3. The Hall–Kier alpha value is -2.65. The van der Waals surface area contributed by atoms with Gasteiger partial charge in [-0.1, -0.05) is 15.0 Å². The molecule has 0 saturated heterocycles. The molecule has 0 aromatic carbocycles. The van der Waals surface area contributed by atoms with Gasteiger partial charge in [0.2, 0.25) is 0 Å². The molecule has 10 nitrogen and oxygen atoms in total. The van der Waals surface area contributed by atoms with Gasteiger partial charge in [-0.25, -0.2) is 0 Å². The van der Waals surface area contributed by atoms with Crippen LogP contribution < -0.4 is 29.6 Å². The van der Waals surface area contributed by atoms with Gasteiger partial charge in [-0.3, -0.25) is 15.0 Å². The first-order chi connectivity index (χ1) is 11.0. The maximum Gasteiger partial charge on any atom is 0.283 e. The molecule has 0 aliphatic heterocycles. The molecule has 0 radical (unpaired) electrons. The molecule has 3 aromatic rings. The number of rotatable bonds is 0. The minimum absolute atomic E-state index is 1.62. The quantitative estimate of drug-likeness (QED) is 0.390. The summed E-state index contributed by atoms with van der Waals surface area (Å²) >= 11 is 0. The molecular weight excluding hydrogens is 323 g/mol. The minimum atomic E-state index is -5.39. The van der Waals surface area contributed by atoms with Crippen LogP contribution in [0.25, 0.3) is 0 Å². The van der Waals surface area contributed by atoms with Gasteiger partial charge in [-0.2, -0.15) is 7.82 Å². The molecular formula is C12H15N6O4P. The van der Waals surface area contributed by atoms with Gasteiger partial charge in [0.15, 0.2) is 0 Å². The van der Waals surface area contributed by atoms with Crippen molar-refractivity contribution < 1.29 is 34.2 Å². The van der Waals surface area contributed by atoms with Crippen LogP contribution in [0.2, 0.25) is 0 Å². The molecule has 3 aromatic heterocycles. The maximum atomic E-state index is 8.55. The fourth-order valence-electron chi connectivity index (χ4n) is 0.832. The van der Waals surface area contributed by atoms with E-state index in [0.717, 1.165) is 0 Å². The molecule has 0 bridgehead atoms. The Bertz CT molecular complexity index is 451. The van der Waals surface area contributed by atoms with E-state index in [1.807, 2.05) is 36.8 Å². The van der Waals surface area contributed by atoms with Crippen LogP contribution >= 0.6 is 7.82 Å². The van der Waals surface area contributed by atoms with E-state index in [4.69, 9.17) is 19.2 Å². The Labute approximate surface area is 132 Å². The van der Waals surface area contributed by atoms with Crippen molar-refractivity contribution in [3.05, 3.63) is 74.4 Å². The molecule has 0 fully saturated rings. The number of aromatic nitrogens is 6. The van der Waals surface area contributed by atoms with Crippen molar-refractivity contribution in [1.82, 2.24) is 15.0 Å². The Kier molecular flexibility index (Phi) is 12.6. The van der Waals surface area contributed by atoms with Crippen molar-refractivity contribution >= 4 is 7.82 Å². The summed E-state index contributed by atoms with van der Waals surface area (Å²) in [6.07, 6.45) is 15.5. The van der Waals surface area contributed by atoms with Gasteiger partial charge in [-0.15, -0.1) is 0 Å². The van der Waals surface area contributed by atoms with E-state index in [-0.39, 0.29) is 0 Å². The molecule has 0 spiro atoms. The molecule has 0 atom stereocenters. The summed E-state index contributed by atoms with van der Waals surface area (Å²) in [5.74, 6) is 0. The average Bonchev–Trinajstić information content (AvgIpc) is 2.59. The Balaban J connectivity index is 0.000000282. The van der Waals surface area contributed by atoms with Crippen molar-refractivity contribution in [2.45, 2.75) is 0 Å². The Morgan fingerprint density at radius 3 is 0.957 bits per heavy atom. The molecule has 0 unspecified atom stereocenters. The Morgan fingerprint density at radius 2 is 0.913 bits per heavy atom. The van der Waals surface area contributed by atoms with E-state index in [0.29, 0.717) is 0 Å². The van der Waals surface area contributed by atoms with Gasteiger partial charge >= 0.3 is 0 Å². The lowest BCUT2D eigenvalue weighted by atomic mass is 10.7. The molecule has 3 N–H and O–H groups in total. The van der Waals surface area contributed by atoms with E-state index in [1.165, 1.54) is 0 Å². The molecule has 3 heterocycles. The number of hydrogen-bond acceptors (Lipinski definition) is 7. The van der Waals surface area contributed by atoms with Crippen molar-refractivity contribution in [3.63, 3.8) is 0 Å². The fourth-order valence-corrected chi connectivity index (χ4v) is 0.832. The summed E-state index contributed by atoms with van der Waals surface area (Å²) < 4.78 is 8.55. The normalized spacial score (nSPS) is 8.83. The maximum absolute atomic E-state index is 8.55. The van der Waals surface area contributed by atoms with Gasteiger partial charge in [0.25, 0.3) is 19.0 Å². The summed E-state index contributed by atoms with van der Waals surface area (Å²) in [6.45, 7) is 0. The summed E-state index contributed by atoms with van der Waals surface area (Å²) in [4.78, 5) is 45.2. The van der Waals surface area contributed by atoms with E-state index < -0.39 is 7.82 Å². The molecule has 23 heavy (non-hydrogen) atoms. The average molecular weight is 338 g/mol. The summed E-state index contributed by atoms with van der Waals surface area (Å²) in [5, 5.41) is 0. The smallest absolute Gasteiger partial charge is 0.283 e. The third-order valence-electron chi connectivity index (χ3n) is 1.54. The lowest BCUT2D eigenvalue weighted by molar-refractivity contribution is -0.432. The van der Waals surface area contributed by atoms with Crippen molar-refractivity contribution in [1.29, 1.82) is 0 Å². The first kappa shape index (κ1) is 20.3. The molecule has 0 aliphatic rings. The third-order valence-corrected chi connectivity index (χ3v) is 1.54. The van der Waals surface area contributed by atoms with Gasteiger partial charge in [0, 0.05) is 18.2 Å². The zero-order chi connectivity index (χ0) is 17.2. The van der Waals surface area contributed by atoms with Crippen LogP contribution in [0.5, 0.6) is 0 Å². The third kappa shape index (κ3) is 24.7. The van der Waals surface area contributed by atoms with Crippen molar-refractivity contribution in [2.75, 3.05) is 0 Å². The van der Waals surface area contributed by atoms with Crippen LogP contribution in [0.1, 0.15) is 0 Å². The largest absolute Gasteiger partial charge is 0.822 e. The van der Waals surface area contributed by atoms with E-state index >= 15 is 0 Å². The van der Waals surface area contributed by atoms with Gasteiger partial charge in [-0.05, 0) is 0 Å². The number of H-pyrrole nitrogens is 3.